The number of rotatable bonds is 5. The van der Waals surface area contributed by atoms with Crippen LogP contribution in [0, 0.1) is 17.5 Å². The van der Waals surface area contributed by atoms with Crippen molar-refractivity contribution in [3.8, 4) is 11.4 Å². The minimum atomic E-state index is -0.586. The van der Waals surface area contributed by atoms with Gasteiger partial charge in [-0.25, -0.2) is 13.2 Å². The van der Waals surface area contributed by atoms with E-state index in [9.17, 15) is 13.2 Å². The predicted molar refractivity (Wildman–Crippen MR) is 94.3 cm³/mol. The standard InChI is InChI=1S/C19H16F3N3S/c1-11(17-15(21)7-4-8-16(17)22)26-19-24-23-18(25(19)12-9-10-12)13-5-2-3-6-14(13)20/h2-8,11-12H,9-10H2,1H3. The number of benzene rings is 2. The highest BCUT2D eigenvalue weighted by Crippen LogP contribution is 2.44. The van der Waals surface area contributed by atoms with Crippen LogP contribution >= 0.6 is 11.8 Å². The monoisotopic (exact) mass is 375 g/mol. The summed E-state index contributed by atoms with van der Waals surface area (Å²) in [5.41, 5.74) is 0.388. The summed E-state index contributed by atoms with van der Waals surface area (Å²) in [6.07, 6.45) is 1.91. The normalized spacial score (nSPS) is 15.2. The molecule has 1 atom stereocenters. The van der Waals surface area contributed by atoms with Gasteiger partial charge in [0, 0.05) is 16.9 Å². The van der Waals surface area contributed by atoms with Crippen molar-refractivity contribution in [2.24, 2.45) is 0 Å². The molecule has 2 aromatic carbocycles. The maximum Gasteiger partial charge on any atom is 0.192 e. The van der Waals surface area contributed by atoms with Crippen LogP contribution in [-0.4, -0.2) is 14.8 Å². The van der Waals surface area contributed by atoms with Gasteiger partial charge in [-0.2, -0.15) is 0 Å². The van der Waals surface area contributed by atoms with Crippen LogP contribution in [0.4, 0.5) is 13.2 Å². The fourth-order valence-electron chi connectivity index (χ4n) is 2.96. The molecule has 1 heterocycles. The topological polar surface area (TPSA) is 30.7 Å². The zero-order valence-electron chi connectivity index (χ0n) is 14.0. The van der Waals surface area contributed by atoms with Gasteiger partial charge in [-0.1, -0.05) is 30.0 Å². The summed E-state index contributed by atoms with van der Waals surface area (Å²) in [6, 6.07) is 10.4. The Labute approximate surface area is 153 Å². The SMILES string of the molecule is CC(Sc1nnc(-c2ccccc2F)n1C1CC1)c1c(F)cccc1F. The van der Waals surface area contributed by atoms with Gasteiger partial charge >= 0.3 is 0 Å². The van der Waals surface area contributed by atoms with Crippen molar-refractivity contribution in [3.05, 3.63) is 65.5 Å². The van der Waals surface area contributed by atoms with Crippen LogP contribution in [0.3, 0.4) is 0 Å². The summed E-state index contributed by atoms with van der Waals surface area (Å²) in [6.45, 7) is 1.72. The summed E-state index contributed by atoms with van der Waals surface area (Å²) >= 11 is 1.23. The first-order valence-corrected chi connectivity index (χ1v) is 9.24. The number of nitrogens with zero attached hydrogens (tertiary/aromatic N) is 3. The van der Waals surface area contributed by atoms with E-state index in [-0.39, 0.29) is 17.4 Å². The number of aromatic nitrogens is 3. The molecule has 134 valence electrons. The van der Waals surface area contributed by atoms with Crippen LogP contribution in [-0.2, 0) is 0 Å². The van der Waals surface area contributed by atoms with E-state index in [2.05, 4.69) is 10.2 Å². The van der Waals surface area contributed by atoms with Crippen LogP contribution in [0.2, 0.25) is 0 Å². The Morgan fingerprint density at radius 1 is 0.962 bits per heavy atom. The van der Waals surface area contributed by atoms with Crippen molar-refractivity contribution < 1.29 is 13.2 Å². The molecule has 0 saturated heterocycles. The highest BCUT2D eigenvalue weighted by atomic mass is 32.2. The van der Waals surface area contributed by atoms with Crippen LogP contribution < -0.4 is 0 Å². The molecule has 1 saturated carbocycles. The largest absolute Gasteiger partial charge is 0.299 e. The predicted octanol–water partition coefficient (Wildman–Crippen LogP) is 5.55. The second-order valence-corrected chi connectivity index (χ2v) is 7.59. The first kappa shape index (κ1) is 17.1. The lowest BCUT2D eigenvalue weighted by Crippen LogP contribution is -2.03. The average molecular weight is 375 g/mol. The number of halogens is 3. The highest BCUT2D eigenvalue weighted by Gasteiger charge is 2.32. The molecule has 0 N–H and O–H groups in total. The average Bonchev–Trinajstić information content (AvgIpc) is 3.36. The molecule has 26 heavy (non-hydrogen) atoms. The van der Waals surface area contributed by atoms with Gasteiger partial charge in [0.2, 0.25) is 0 Å². The maximum absolute atomic E-state index is 14.2. The lowest BCUT2D eigenvalue weighted by atomic mass is 10.1. The highest BCUT2D eigenvalue weighted by molar-refractivity contribution is 7.99. The van der Waals surface area contributed by atoms with Gasteiger partial charge in [-0.05, 0) is 44.0 Å². The van der Waals surface area contributed by atoms with Crippen molar-refractivity contribution in [1.29, 1.82) is 0 Å². The van der Waals surface area contributed by atoms with Gasteiger partial charge in [-0.15, -0.1) is 10.2 Å². The van der Waals surface area contributed by atoms with E-state index in [0.29, 0.717) is 16.5 Å². The van der Waals surface area contributed by atoms with Crippen molar-refractivity contribution in [2.45, 2.75) is 36.2 Å². The van der Waals surface area contributed by atoms with Crippen molar-refractivity contribution in [3.63, 3.8) is 0 Å². The zero-order valence-corrected chi connectivity index (χ0v) is 14.8. The molecule has 1 aromatic heterocycles. The number of thioether (sulfide) groups is 1. The first-order chi connectivity index (χ1) is 12.6. The van der Waals surface area contributed by atoms with E-state index in [0.717, 1.165) is 12.8 Å². The number of hydrogen-bond acceptors (Lipinski definition) is 3. The smallest absolute Gasteiger partial charge is 0.192 e. The van der Waals surface area contributed by atoms with Crippen molar-refractivity contribution >= 4 is 11.8 Å². The Morgan fingerprint density at radius 3 is 2.27 bits per heavy atom. The third-order valence-electron chi connectivity index (χ3n) is 4.38. The first-order valence-electron chi connectivity index (χ1n) is 8.36. The molecule has 3 aromatic rings. The molecule has 0 spiro atoms. The summed E-state index contributed by atoms with van der Waals surface area (Å²) < 4.78 is 44.2. The maximum atomic E-state index is 14.2. The molecule has 1 aliphatic rings. The van der Waals surface area contributed by atoms with Crippen LogP contribution in [0.25, 0.3) is 11.4 Å². The molecule has 0 bridgehead atoms. The molecule has 1 aliphatic carbocycles. The molecule has 0 amide bonds. The number of hydrogen-bond donors (Lipinski definition) is 0. The van der Waals surface area contributed by atoms with E-state index in [1.165, 1.54) is 36.0 Å². The third kappa shape index (κ3) is 3.11. The summed E-state index contributed by atoms with van der Waals surface area (Å²) in [5, 5.41) is 8.40. The van der Waals surface area contributed by atoms with Crippen LogP contribution in [0.15, 0.2) is 47.6 Å². The van der Waals surface area contributed by atoms with Crippen molar-refractivity contribution in [2.75, 3.05) is 0 Å². The van der Waals surface area contributed by atoms with Crippen molar-refractivity contribution in [1.82, 2.24) is 14.8 Å². The second-order valence-electron chi connectivity index (χ2n) is 6.28. The van der Waals surface area contributed by atoms with E-state index >= 15 is 0 Å². The second kappa shape index (κ2) is 6.79. The van der Waals surface area contributed by atoms with Crippen LogP contribution in [0.5, 0.6) is 0 Å². The van der Waals surface area contributed by atoms with Gasteiger partial charge in [-0.3, -0.25) is 4.57 Å². The molecule has 3 nitrogen and oxygen atoms in total. The molecule has 1 fully saturated rings. The minimum absolute atomic E-state index is 0.00953. The molecule has 4 rings (SSSR count). The Balaban J connectivity index is 1.71. The fourth-order valence-corrected chi connectivity index (χ4v) is 4.06. The molecular weight excluding hydrogens is 359 g/mol. The Kier molecular flexibility index (Phi) is 4.48. The van der Waals surface area contributed by atoms with Crippen LogP contribution in [0.1, 0.15) is 36.6 Å². The van der Waals surface area contributed by atoms with E-state index < -0.39 is 16.9 Å². The van der Waals surface area contributed by atoms with E-state index in [1.54, 1.807) is 25.1 Å². The van der Waals surface area contributed by atoms with Gasteiger partial charge in [0.25, 0.3) is 0 Å². The molecule has 7 heteroatoms. The molecule has 0 aliphatic heterocycles. The molecular formula is C19H16F3N3S. The Bertz CT molecular complexity index is 933. The lowest BCUT2D eigenvalue weighted by molar-refractivity contribution is 0.556. The minimum Gasteiger partial charge on any atom is -0.299 e. The van der Waals surface area contributed by atoms with Gasteiger partial charge in [0.05, 0.1) is 5.56 Å². The summed E-state index contributed by atoms with van der Waals surface area (Å²) in [4.78, 5) is 0. The molecule has 1 unspecified atom stereocenters. The van der Waals surface area contributed by atoms with E-state index in [4.69, 9.17) is 0 Å². The molecule has 0 radical (unpaired) electrons. The van der Waals surface area contributed by atoms with Gasteiger partial charge in [0.15, 0.2) is 11.0 Å². The Hall–Kier alpha value is -2.28. The van der Waals surface area contributed by atoms with Gasteiger partial charge in [0.1, 0.15) is 17.5 Å². The summed E-state index contributed by atoms with van der Waals surface area (Å²) in [5.74, 6) is -1.09. The quantitative estimate of drug-likeness (QED) is 0.548. The fraction of sp³-hybridized carbons (Fsp3) is 0.263. The van der Waals surface area contributed by atoms with Gasteiger partial charge < -0.3 is 0 Å². The van der Waals surface area contributed by atoms with E-state index in [1.807, 2.05) is 4.57 Å². The summed E-state index contributed by atoms with van der Waals surface area (Å²) in [7, 11) is 0. The zero-order chi connectivity index (χ0) is 18.3. The third-order valence-corrected chi connectivity index (χ3v) is 5.46. The lowest BCUT2D eigenvalue weighted by Gasteiger charge is -2.14. The Morgan fingerprint density at radius 2 is 1.62 bits per heavy atom.